The predicted molar refractivity (Wildman–Crippen MR) is 61.0 cm³/mol. The molecule has 2 atom stereocenters. The molecule has 18 heavy (non-hydrogen) atoms. The molecule has 1 aliphatic heterocycles. The molecule has 6 heteroatoms. The zero-order valence-electron chi connectivity index (χ0n) is 10.5. The molecule has 0 aromatic heterocycles. The number of halogens is 3. The van der Waals surface area contributed by atoms with Crippen molar-refractivity contribution < 1.29 is 18.0 Å². The Bertz CT molecular complexity index is 315. The SMILES string of the molecule is CC1CCNC(C(=O)N(CC(F)(F)F)C2CC2)C1. The van der Waals surface area contributed by atoms with E-state index in [9.17, 15) is 18.0 Å². The minimum atomic E-state index is -4.31. The van der Waals surface area contributed by atoms with Crippen molar-refractivity contribution in [1.82, 2.24) is 10.2 Å². The standard InChI is InChI=1S/C12H19F3N2O/c1-8-4-5-16-10(6-8)11(18)17(9-2-3-9)7-12(13,14)15/h8-10,16H,2-7H2,1H3. The molecule has 2 aliphatic rings. The Labute approximate surface area is 105 Å². The third-order valence-electron chi connectivity index (χ3n) is 3.58. The van der Waals surface area contributed by atoms with Crippen molar-refractivity contribution in [2.75, 3.05) is 13.1 Å². The molecule has 1 saturated carbocycles. The number of nitrogens with one attached hydrogen (secondary N) is 1. The maximum atomic E-state index is 12.5. The molecule has 104 valence electrons. The van der Waals surface area contributed by atoms with Gasteiger partial charge in [0.05, 0.1) is 6.04 Å². The molecule has 2 rings (SSSR count). The Morgan fingerprint density at radius 1 is 1.33 bits per heavy atom. The Balaban J connectivity index is 1.99. The summed E-state index contributed by atoms with van der Waals surface area (Å²) in [5, 5.41) is 3.04. The van der Waals surface area contributed by atoms with E-state index in [0.717, 1.165) is 11.3 Å². The number of hydrogen-bond donors (Lipinski definition) is 1. The van der Waals surface area contributed by atoms with Crippen LogP contribution in [0.15, 0.2) is 0 Å². The zero-order valence-corrected chi connectivity index (χ0v) is 10.5. The van der Waals surface area contributed by atoms with Crippen LogP contribution in [0.3, 0.4) is 0 Å². The quantitative estimate of drug-likeness (QED) is 0.844. The van der Waals surface area contributed by atoms with Gasteiger partial charge in [0.15, 0.2) is 0 Å². The van der Waals surface area contributed by atoms with Gasteiger partial charge >= 0.3 is 6.18 Å². The molecule has 0 aromatic carbocycles. The van der Waals surface area contributed by atoms with Crippen LogP contribution in [-0.2, 0) is 4.79 Å². The summed E-state index contributed by atoms with van der Waals surface area (Å²) in [5.74, 6) is 0.0218. The van der Waals surface area contributed by atoms with E-state index >= 15 is 0 Å². The first-order valence-electron chi connectivity index (χ1n) is 6.47. The Morgan fingerprint density at radius 2 is 2.00 bits per heavy atom. The van der Waals surface area contributed by atoms with Gasteiger partial charge in [0, 0.05) is 6.04 Å². The third kappa shape index (κ3) is 3.60. The molecule has 0 radical (unpaired) electrons. The van der Waals surface area contributed by atoms with Crippen molar-refractivity contribution in [3.05, 3.63) is 0 Å². The molecule has 1 saturated heterocycles. The van der Waals surface area contributed by atoms with Gasteiger partial charge in [-0.15, -0.1) is 0 Å². The lowest BCUT2D eigenvalue weighted by atomic mass is 9.93. The second kappa shape index (κ2) is 5.07. The lowest BCUT2D eigenvalue weighted by Crippen LogP contribution is -2.52. The fourth-order valence-corrected chi connectivity index (χ4v) is 2.46. The van der Waals surface area contributed by atoms with Crippen LogP contribution in [0.2, 0.25) is 0 Å². The topological polar surface area (TPSA) is 32.3 Å². The highest BCUT2D eigenvalue weighted by molar-refractivity contribution is 5.82. The maximum Gasteiger partial charge on any atom is 0.406 e. The van der Waals surface area contributed by atoms with E-state index in [0.29, 0.717) is 31.7 Å². The summed E-state index contributed by atoms with van der Waals surface area (Å²) in [4.78, 5) is 13.2. The van der Waals surface area contributed by atoms with Crippen molar-refractivity contribution >= 4 is 5.91 Å². The first-order chi connectivity index (χ1) is 8.37. The van der Waals surface area contributed by atoms with Gasteiger partial charge in [0.2, 0.25) is 5.91 Å². The van der Waals surface area contributed by atoms with Crippen LogP contribution < -0.4 is 5.32 Å². The number of carbonyl (C=O) groups is 1. The van der Waals surface area contributed by atoms with Gasteiger partial charge < -0.3 is 10.2 Å². The third-order valence-corrected chi connectivity index (χ3v) is 3.58. The fraction of sp³-hybridized carbons (Fsp3) is 0.917. The van der Waals surface area contributed by atoms with Crippen molar-refractivity contribution in [1.29, 1.82) is 0 Å². The molecule has 1 amide bonds. The summed E-state index contributed by atoms with van der Waals surface area (Å²) in [5.41, 5.74) is 0. The molecule has 0 spiro atoms. The molecule has 2 fully saturated rings. The van der Waals surface area contributed by atoms with Crippen LogP contribution >= 0.6 is 0 Å². The number of piperidine rings is 1. The number of carbonyl (C=O) groups excluding carboxylic acids is 1. The van der Waals surface area contributed by atoms with E-state index < -0.39 is 18.8 Å². The van der Waals surface area contributed by atoms with E-state index in [1.807, 2.05) is 6.92 Å². The van der Waals surface area contributed by atoms with Crippen molar-refractivity contribution in [2.45, 2.75) is 50.9 Å². The van der Waals surface area contributed by atoms with Crippen LogP contribution in [0.4, 0.5) is 13.2 Å². The molecular weight excluding hydrogens is 245 g/mol. The van der Waals surface area contributed by atoms with E-state index in [1.165, 1.54) is 0 Å². The van der Waals surface area contributed by atoms with Crippen molar-refractivity contribution in [2.24, 2.45) is 5.92 Å². The molecular formula is C12H19F3N2O. The summed E-state index contributed by atoms with van der Waals surface area (Å²) < 4.78 is 37.5. The van der Waals surface area contributed by atoms with E-state index in [-0.39, 0.29) is 11.9 Å². The van der Waals surface area contributed by atoms with Crippen LogP contribution in [0.1, 0.15) is 32.6 Å². The number of amides is 1. The van der Waals surface area contributed by atoms with E-state index in [1.54, 1.807) is 0 Å². The first-order valence-corrected chi connectivity index (χ1v) is 6.47. The van der Waals surface area contributed by atoms with E-state index in [2.05, 4.69) is 5.32 Å². The highest BCUT2D eigenvalue weighted by atomic mass is 19.4. The highest BCUT2D eigenvalue weighted by Crippen LogP contribution is 2.31. The summed E-state index contributed by atoms with van der Waals surface area (Å²) in [6, 6.07) is -0.630. The molecule has 1 aliphatic carbocycles. The number of rotatable bonds is 3. The Kier molecular flexibility index (Phi) is 3.84. The fourth-order valence-electron chi connectivity index (χ4n) is 2.46. The van der Waals surface area contributed by atoms with Crippen LogP contribution in [0.25, 0.3) is 0 Å². The second-order valence-corrected chi connectivity index (χ2v) is 5.45. The van der Waals surface area contributed by atoms with Crippen LogP contribution in [0, 0.1) is 5.92 Å². The van der Waals surface area contributed by atoms with E-state index in [4.69, 9.17) is 0 Å². The number of alkyl halides is 3. The van der Waals surface area contributed by atoms with Gasteiger partial charge in [-0.3, -0.25) is 4.79 Å². The normalized spacial score (nSPS) is 29.1. The summed E-state index contributed by atoms with van der Waals surface area (Å²) in [6.07, 6.45) is -1.29. The monoisotopic (exact) mass is 264 g/mol. The van der Waals surface area contributed by atoms with Gasteiger partial charge in [-0.25, -0.2) is 0 Å². The minimum absolute atomic E-state index is 0.196. The minimum Gasteiger partial charge on any atom is -0.329 e. The Morgan fingerprint density at radius 3 is 2.50 bits per heavy atom. The van der Waals surface area contributed by atoms with Crippen molar-refractivity contribution in [3.8, 4) is 0 Å². The smallest absolute Gasteiger partial charge is 0.329 e. The lowest BCUT2D eigenvalue weighted by molar-refractivity contribution is -0.164. The maximum absolute atomic E-state index is 12.5. The van der Waals surface area contributed by atoms with Gasteiger partial charge in [0.25, 0.3) is 0 Å². The molecule has 1 N–H and O–H groups in total. The molecule has 0 bridgehead atoms. The first kappa shape index (κ1) is 13.6. The molecule has 3 nitrogen and oxygen atoms in total. The van der Waals surface area contributed by atoms with Crippen LogP contribution in [0.5, 0.6) is 0 Å². The molecule has 2 unspecified atom stereocenters. The predicted octanol–water partition coefficient (Wildman–Crippen LogP) is 1.93. The largest absolute Gasteiger partial charge is 0.406 e. The highest BCUT2D eigenvalue weighted by Gasteiger charge is 2.42. The number of hydrogen-bond acceptors (Lipinski definition) is 2. The Hall–Kier alpha value is -0.780. The average molecular weight is 264 g/mol. The van der Waals surface area contributed by atoms with Gasteiger partial charge in [-0.1, -0.05) is 6.92 Å². The molecule has 0 aromatic rings. The lowest BCUT2D eigenvalue weighted by Gasteiger charge is -2.32. The van der Waals surface area contributed by atoms with Gasteiger partial charge in [-0.2, -0.15) is 13.2 Å². The van der Waals surface area contributed by atoms with Crippen molar-refractivity contribution in [3.63, 3.8) is 0 Å². The summed E-state index contributed by atoms with van der Waals surface area (Å²) in [7, 11) is 0. The summed E-state index contributed by atoms with van der Waals surface area (Å²) in [6.45, 7) is 1.64. The van der Waals surface area contributed by atoms with Gasteiger partial charge in [-0.05, 0) is 38.1 Å². The van der Waals surface area contributed by atoms with Gasteiger partial charge in [0.1, 0.15) is 6.54 Å². The zero-order chi connectivity index (χ0) is 13.3. The molecule has 1 heterocycles. The number of nitrogens with zero attached hydrogens (tertiary/aromatic N) is 1. The average Bonchev–Trinajstić information content (AvgIpc) is 3.07. The van der Waals surface area contributed by atoms with Crippen LogP contribution in [-0.4, -0.2) is 42.2 Å². The second-order valence-electron chi connectivity index (χ2n) is 5.45. The summed E-state index contributed by atoms with van der Waals surface area (Å²) >= 11 is 0.